The first-order chi connectivity index (χ1) is 11.4. The van der Waals surface area contributed by atoms with Crippen LogP contribution in [0.4, 0.5) is 0 Å². The van der Waals surface area contributed by atoms with Crippen LogP contribution in [0.2, 0.25) is 0 Å². The number of sulfone groups is 1. The van der Waals surface area contributed by atoms with Gasteiger partial charge in [-0.25, -0.2) is 13.2 Å². The second-order valence-electron chi connectivity index (χ2n) is 6.40. The van der Waals surface area contributed by atoms with Gasteiger partial charge in [0.2, 0.25) is 0 Å². The number of likely N-dealkylation sites (N-methyl/N-ethyl adjacent to an activating group) is 1. The van der Waals surface area contributed by atoms with Crippen molar-refractivity contribution in [2.75, 3.05) is 25.2 Å². The molecule has 0 saturated carbocycles. The second-order valence-corrected chi connectivity index (χ2v) is 9.77. The van der Waals surface area contributed by atoms with E-state index in [0.29, 0.717) is 11.3 Å². The third kappa shape index (κ3) is 3.80. The lowest BCUT2D eigenvalue weighted by atomic mass is 9.99. The lowest BCUT2D eigenvalue weighted by molar-refractivity contribution is -0.134. The summed E-state index contributed by atoms with van der Waals surface area (Å²) in [6.45, 7) is -0.353. The summed E-state index contributed by atoms with van der Waals surface area (Å²) in [5, 5.41) is 0. The van der Waals surface area contributed by atoms with Crippen molar-refractivity contribution in [1.82, 2.24) is 4.90 Å². The summed E-state index contributed by atoms with van der Waals surface area (Å²) >= 11 is 1.45. The smallest absolute Gasteiger partial charge is 0.348 e. The number of carbonyl (C=O) groups is 2. The van der Waals surface area contributed by atoms with E-state index in [1.807, 2.05) is 6.07 Å². The van der Waals surface area contributed by atoms with Gasteiger partial charge < -0.3 is 9.64 Å². The fourth-order valence-corrected chi connectivity index (χ4v) is 6.10. The fraction of sp³-hybridized carbons (Fsp3) is 0.625. The highest BCUT2D eigenvalue weighted by Gasteiger charge is 2.33. The number of ether oxygens (including phenoxy) is 1. The summed E-state index contributed by atoms with van der Waals surface area (Å²) in [5.74, 6) is -0.752. The Morgan fingerprint density at radius 2 is 2.08 bits per heavy atom. The van der Waals surface area contributed by atoms with Gasteiger partial charge in [-0.2, -0.15) is 0 Å². The average molecular weight is 371 g/mol. The maximum absolute atomic E-state index is 12.1. The minimum Gasteiger partial charge on any atom is -0.451 e. The number of aryl methyl sites for hydroxylation is 2. The van der Waals surface area contributed by atoms with Gasteiger partial charge in [0.1, 0.15) is 4.88 Å². The van der Waals surface area contributed by atoms with E-state index in [9.17, 15) is 18.0 Å². The topological polar surface area (TPSA) is 80.8 Å². The monoisotopic (exact) mass is 371 g/mol. The molecule has 8 heteroatoms. The van der Waals surface area contributed by atoms with Gasteiger partial charge in [-0.15, -0.1) is 11.3 Å². The summed E-state index contributed by atoms with van der Waals surface area (Å²) in [7, 11) is -1.49. The molecule has 0 N–H and O–H groups in total. The summed E-state index contributed by atoms with van der Waals surface area (Å²) in [6.07, 6.45) is 4.74. The first-order valence-corrected chi connectivity index (χ1v) is 10.7. The number of amides is 1. The summed E-state index contributed by atoms with van der Waals surface area (Å²) in [5.41, 5.74) is 1.22. The Morgan fingerprint density at radius 3 is 2.75 bits per heavy atom. The standard InChI is InChI=1S/C16H21NO5S2/c1-17(12-6-7-24(20,21)10-12)15(18)9-22-16(19)14-8-11-4-2-3-5-13(11)23-14/h8,12H,2-7,9-10H2,1H3/t12-/m1/s1. The molecule has 1 aliphatic carbocycles. The van der Waals surface area contributed by atoms with Crippen LogP contribution in [0.15, 0.2) is 6.07 Å². The van der Waals surface area contributed by atoms with Crippen molar-refractivity contribution in [3.05, 3.63) is 21.4 Å². The average Bonchev–Trinajstić information content (AvgIpc) is 3.14. The maximum atomic E-state index is 12.1. The normalized spacial score (nSPS) is 22.0. The molecule has 1 aromatic heterocycles. The van der Waals surface area contributed by atoms with Crippen molar-refractivity contribution < 1.29 is 22.7 Å². The van der Waals surface area contributed by atoms with Crippen molar-refractivity contribution >= 4 is 33.1 Å². The van der Waals surface area contributed by atoms with Crippen molar-refractivity contribution in [2.24, 2.45) is 0 Å². The number of nitrogens with zero attached hydrogens (tertiary/aromatic N) is 1. The predicted molar refractivity (Wildman–Crippen MR) is 91.1 cm³/mol. The van der Waals surface area contributed by atoms with Crippen LogP contribution in [0.5, 0.6) is 0 Å². The highest BCUT2D eigenvalue weighted by Crippen LogP contribution is 2.30. The molecule has 1 aliphatic heterocycles. The number of hydrogen-bond acceptors (Lipinski definition) is 6. The third-order valence-corrected chi connectivity index (χ3v) is 7.64. The summed E-state index contributed by atoms with van der Waals surface area (Å²) < 4.78 is 28.1. The molecule has 0 bridgehead atoms. The largest absolute Gasteiger partial charge is 0.451 e. The predicted octanol–water partition coefficient (Wildman–Crippen LogP) is 1.43. The molecule has 6 nitrogen and oxygen atoms in total. The van der Waals surface area contributed by atoms with Crippen LogP contribution in [-0.2, 0) is 32.2 Å². The first kappa shape index (κ1) is 17.4. The van der Waals surface area contributed by atoms with Crippen LogP contribution in [0.3, 0.4) is 0 Å². The zero-order valence-corrected chi connectivity index (χ0v) is 15.2. The van der Waals surface area contributed by atoms with Gasteiger partial charge in [-0.3, -0.25) is 4.79 Å². The molecular formula is C16H21NO5S2. The van der Waals surface area contributed by atoms with Gasteiger partial charge in [-0.1, -0.05) is 0 Å². The van der Waals surface area contributed by atoms with Crippen molar-refractivity contribution in [3.8, 4) is 0 Å². The number of rotatable bonds is 4. The number of thiophene rings is 1. The van der Waals surface area contributed by atoms with Crippen LogP contribution in [0, 0.1) is 0 Å². The minimum atomic E-state index is -3.05. The Bertz CT molecular complexity index is 729. The summed E-state index contributed by atoms with van der Waals surface area (Å²) in [4.78, 5) is 27.4. The Balaban J connectivity index is 1.54. The van der Waals surface area contributed by atoms with E-state index in [4.69, 9.17) is 4.74 Å². The third-order valence-electron chi connectivity index (χ3n) is 4.67. The Labute approximate surface area is 145 Å². The molecule has 1 aromatic rings. The molecule has 1 saturated heterocycles. The molecule has 0 unspecified atom stereocenters. The van der Waals surface area contributed by atoms with E-state index in [2.05, 4.69) is 0 Å². The zero-order valence-electron chi connectivity index (χ0n) is 13.6. The molecule has 1 atom stereocenters. The summed E-state index contributed by atoms with van der Waals surface area (Å²) in [6, 6.07) is 1.55. The highest BCUT2D eigenvalue weighted by atomic mass is 32.2. The fourth-order valence-electron chi connectivity index (χ4n) is 3.18. The molecule has 1 fully saturated rings. The van der Waals surface area contributed by atoms with Gasteiger partial charge >= 0.3 is 5.97 Å². The minimum absolute atomic E-state index is 0.0131. The molecule has 0 spiro atoms. The van der Waals surface area contributed by atoms with Crippen LogP contribution < -0.4 is 0 Å². The van der Waals surface area contributed by atoms with Crippen LogP contribution in [-0.4, -0.2) is 56.4 Å². The molecule has 0 radical (unpaired) electrons. The molecular weight excluding hydrogens is 350 g/mol. The molecule has 0 aromatic carbocycles. The van der Waals surface area contributed by atoms with Gasteiger partial charge in [0.25, 0.3) is 5.91 Å². The van der Waals surface area contributed by atoms with Crippen molar-refractivity contribution in [1.29, 1.82) is 0 Å². The molecule has 24 heavy (non-hydrogen) atoms. The van der Waals surface area contributed by atoms with E-state index in [1.54, 1.807) is 7.05 Å². The number of carbonyl (C=O) groups excluding carboxylic acids is 2. The quantitative estimate of drug-likeness (QED) is 0.748. The molecule has 1 amide bonds. The van der Waals surface area contributed by atoms with Gasteiger partial charge in [0, 0.05) is 18.0 Å². The first-order valence-electron chi connectivity index (χ1n) is 8.10. The van der Waals surface area contributed by atoms with E-state index < -0.39 is 15.8 Å². The number of fused-ring (bicyclic) bond motifs is 1. The van der Waals surface area contributed by atoms with Crippen LogP contribution in [0.25, 0.3) is 0 Å². The second kappa shape index (κ2) is 6.84. The van der Waals surface area contributed by atoms with E-state index >= 15 is 0 Å². The molecule has 2 aliphatic rings. The lowest BCUT2D eigenvalue weighted by Gasteiger charge is -2.23. The van der Waals surface area contributed by atoms with Crippen LogP contribution in [0.1, 0.15) is 39.4 Å². The van der Waals surface area contributed by atoms with Crippen molar-refractivity contribution in [3.63, 3.8) is 0 Å². The van der Waals surface area contributed by atoms with Crippen molar-refractivity contribution in [2.45, 2.75) is 38.1 Å². The Kier molecular flexibility index (Phi) is 4.96. The van der Waals surface area contributed by atoms with Gasteiger partial charge in [0.05, 0.1) is 11.5 Å². The molecule has 2 heterocycles. The maximum Gasteiger partial charge on any atom is 0.348 e. The zero-order chi connectivity index (χ0) is 17.3. The van der Waals surface area contributed by atoms with Crippen LogP contribution >= 0.6 is 11.3 Å². The molecule has 3 rings (SSSR count). The lowest BCUT2D eigenvalue weighted by Crippen LogP contribution is -2.40. The molecule has 132 valence electrons. The SMILES string of the molecule is CN(C(=O)COC(=O)c1cc2c(s1)CCCC2)[C@@H]1CCS(=O)(=O)C1. The number of esters is 1. The highest BCUT2D eigenvalue weighted by molar-refractivity contribution is 7.91. The van der Waals surface area contributed by atoms with E-state index in [1.165, 1.54) is 26.7 Å². The van der Waals surface area contributed by atoms with Gasteiger partial charge in [0.15, 0.2) is 16.4 Å². The Hall–Kier alpha value is -1.41. The Morgan fingerprint density at radius 1 is 1.33 bits per heavy atom. The van der Waals surface area contributed by atoms with E-state index in [-0.39, 0.29) is 30.1 Å². The van der Waals surface area contributed by atoms with E-state index in [0.717, 1.165) is 25.7 Å². The van der Waals surface area contributed by atoms with Gasteiger partial charge in [-0.05, 0) is 43.7 Å². The number of hydrogen-bond donors (Lipinski definition) is 0.